The van der Waals surface area contributed by atoms with Crippen molar-refractivity contribution in [3.63, 3.8) is 0 Å². The van der Waals surface area contributed by atoms with Crippen molar-refractivity contribution in [2.24, 2.45) is 0 Å². The average molecular weight is 536 g/mol. The fourth-order valence-electron chi connectivity index (χ4n) is 2.37. The molecule has 0 fully saturated rings. The summed E-state index contributed by atoms with van der Waals surface area (Å²) >= 11 is 4.75. The van der Waals surface area contributed by atoms with Gasteiger partial charge in [0.25, 0.3) is 0 Å². The van der Waals surface area contributed by atoms with E-state index in [9.17, 15) is 0 Å². The van der Waals surface area contributed by atoms with Gasteiger partial charge in [-0.1, -0.05) is 71.7 Å². The first-order valence-corrected chi connectivity index (χ1v) is 11.2. The zero-order valence-electron chi connectivity index (χ0n) is 15.5. The van der Waals surface area contributed by atoms with Gasteiger partial charge in [0.1, 0.15) is 30.2 Å². The molecule has 1 aromatic carbocycles. The molecule has 4 aromatic rings. The van der Waals surface area contributed by atoms with Gasteiger partial charge in [-0.25, -0.2) is 15.0 Å². The summed E-state index contributed by atoms with van der Waals surface area (Å²) in [5.74, 6) is 2.28. The minimum absolute atomic E-state index is 0. The van der Waals surface area contributed by atoms with Crippen LogP contribution < -0.4 is 0 Å². The van der Waals surface area contributed by atoms with Gasteiger partial charge in [0, 0.05) is 0 Å². The Morgan fingerprint density at radius 2 is 0.833 bits per heavy atom. The van der Waals surface area contributed by atoms with Crippen molar-refractivity contribution in [1.29, 1.82) is 0 Å². The van der Waals surface area contributed by atoms with Crippen LogP contribution in [0.5, 0.6) is 0 Å². The first-order chi connectivity index (χ1) is 14.3. The SMILES string of the molecule is [Ag+].[C-]#Cc1ccccc1.c1cc2nc(c1)Sc1cccc(n1)Sc1cccc(n1)S2. The molecule has 0 atom stereocenters. The van der Waals surface area contributed by atoms with E-state index in [4.69, 9.17) is 6.42 Å². The van der Waals surface area contributed by atoms with Gasteiger partial charge < -0.3 is 6.42 Å². The normalized spacial score (nSPS) is 11.3. The van der Waals surface area contributed by atoms with E-state index in [1.165, 1.54) is 0 Å². The van der Waals surface area contributed by atoms with Crippen molar-refractivity contribution in [2.75, 3.05) is 0 Å². The number of pyridine rings is 3. The van der Waals surface area contributed by atoms with Gasteiger partial charge in [0.2, 0.25) is 0 Å². The van der Waals surface area contributed by atoms with E-state index in [0.29, 0.717) is 0 Å². The second kappa shape index (κ2) is 11.4. The molecule has 0 N–H and O–H groups in total. The first-order valence-electron chi connectivity index (χ1n) is 8.71. The van der Waals surface area contributed by atoms with Crippen LogP contribution in [0.4, 0.5) is 0 Å². The molecular weight excluding hydrogens is 522 g/mol. The summed E-state index contributed by atoms with van der Waals surface area (Å²) in [5.41, 5.74) is 0.826. The Kier molecular flexibility index (Phi) is 8.64. The number of hydrogen-bond donors (Lipinski definition) is 0. The number of fused-ring (bicyclic) bond motifs is 6. The smallest absolute Gasteiger partial charge is 0.366 e. The molecule has 150 valence electrons. The third-order valence-corrected chi connectivity index (χ3v) is 6.26. The van der Waals surface area contributed by atoms with Gasteiger partial charge >= 0.3 is 22.4 Å². The van der Waals surface area contributed by atoms with Crippen LogP contribution >= 0.6 is 35.3 Å². The average Bonchev–Trinajstić information content (AvgIpc) is 2.75. The summed E-state index contributed by atoms with van der Waals surface area (Å²) in [4.78, 5) is 14.0. The molecular formula is C23H14AgN3S3. The molecule has 0 unspecified atom stereocenters. The van der Waals surface area contributed by atoms with Crippen LogP contribution in [0, 0.1) is 12.3 Å². The van der Waals surface area contributed by atoms with Gasteiger partial charge in [-0.15, -0.1) is 17.7 Å². The van der Waals surface area contributed by atoms with Crippen molar-refractivity contribution in [3.8, 4) is 5.92 Å². The summed E-state index contributed by atoms with van der Waals surface area (Å²) in [7, 11) is 0. The largest absolute Gasteiger partial charge is 1.00 e. The topological polar surface area (TPSA) is 38.7 Å². The van der Waals surface area contributed by atoms with Crippen molar-refractivity contribution >= 4 is 35.3 Å². The van der Waals surface area contributed by atoms with Gasteiger partial charge in [-0.3, -0.25) is 5.92 Å². The maximum Gasteiger partial charge on any atom is 1.00 e. The van der Waals surface area contributed by atoms with Gasteiger partial charge in [0.15, 0.2) is 0 Å². The third kappa shape index (κ3) is 6.51. The van der Waals surface area contributed by atoms with Crippen LogP contribution in [-0.2, 0) is 22.4 Å². The van der Waals surface area contributed by atoms with E-state index in [2.05, 4.69) is 20.9 Å². The second-order valence-corrected chi connectivity index (χ2v) is 8.86. The standard InChI is InChI=1S/C15H9N3S3.C8H5.Ag/c1-4-10-16-11(5-1)20-13-7-3-9-15(18-13)21-14-8-2-6-12(17-14)19-10;1-2-8-6-4-3-5-7-8;/h1-9H;3-7H;/q;-1;+1. The molecule has 3 aromatic heterocycles. The van der Waals surface area contributed by atoms with Crippen molar-refractivity contribution in [1.82, 2.24) is 15.0 Å². The minimum atomic E-state index is 0. The van der Waals surface area contributed by atoms with E-state index in [-0.39, 0.29) is 22.4 Å². The second-order valence-electron chi connectivity index (χ2n) is 5.74. The Morgan fingerprint density at radius 3 is 1.10 bits per heavy atom. The third-order valence-electron chi connectivity index (χ3n) is 3.64. The van der Waals surface area contributed by atoms with Crippen LogP contribution in [0.3, 0.4) is 0 Å². The Hall–Kier alpha value is -1.98. The molecule has 5 rings (SSSR count). The number of nitrogens with zero attached hydrogens (tertiary/aromatic N) is 3. The minimum Gasteiger partial charge on any atom is -0.366 e. The molecule has 3 nitrogen and oxygen atoms in total. The predicted molar refractivity (Wildman–Crippen MR) is 118 cm³/mol. The molecule has 0 saturated carbocycles. The summed E-state index contributed by atoms with van der Waals surface area (Å²) < 4.78 is 0. The maximum absolute atomic E-state index is 6.69. The fourth-order valence-corrected chi connectivity index (χ4v) is 4.93. The van der Waals surface area contributed by atoms with E-state index < -0.39 is 0 Å². The first kappa shape index (κ1) is 22.7. The predicted octanol–water partition coefficient (Wildman–Crippen LogP) is 6.26. The molecule has 0 spiro atoms. The van der Waals surface area contributed by atoms with Crippen molar-refractivity contribution < 1.29 is 22.4 Å². The van der Waals surface area contributed by atoms with E-state index in [1.807, 2.05) is 84.9 Å². The van der Waals surface area contributed by atoms with Gasteiger partial charge in [-0.2, -0.15) is 0 Å². The molecule has 0 saturated heterocycles. The van der Waals surface area contributed by atoms with Crippen molar-refractivity contribution in [3.05, 3.63) is 96.9 Å². The van der Waals surface area contributed by atoms with Crippen LogP contribution in [0.1, 0.15) is 5.56 Å². The van der Waals surface area contributed by atoms with Crippen molar-refractivity contribution in [2.45, 2.75) is 30.2 Å². The summed E-state index contributed by atoms with van der Waals surface area (Å²) in [6.45, 7) is 0. The number of rotatable bonds is 0. The van der Waals surface area contributed by atoms with Crippen LogP contribution in [0.15, 0.2) is 115 Å². The Bertz CT molecular complexity index is 1000. The number of hydrogen-bond acceptors (Lipinski definition) is 6. The quantitative estimate of drug-likeness (QED) is 0.132. The molecule has 1 aliphatic heterocycles. The summed E-state index contributed by atoms with van der Waals surface area (Å²) in [6.07, 6.45) is 6.69. The van der Waals surface area contributed by atoms with Crippen LogP contribution in [0.25, 0.3) is 0 Å². The van der Waals surface area contributed by atoms with Crippen LogP contribution in [0.2, 0.25) is 0 Å². The van der Waals surface area contributed by atoms with E-state index in [1.54, 1.807) is 35.3 Å². The fraction of sp³-hybridized carbons (Fsp3) is 0. The number of benzene rings is 1. The molecule has 0 radical (unpaired) electrons. The van der Waals surface area contributed by atoms with Gasteiger partial charge in [-0.05, 0) is 36.4 Å². The molecule has 30 heavy (non-hydrogen) atoms. The van der Waals surface area contributed by atoms with Crippen LogP contribution in [-0.4, -0.2) is 15.0 Å². The van der Waals surface area contributed by atoms with E-state index >= 15 is 0 Å². The molecule has 4 heterocycles. The molecule has 0 amide bonds. The Balaban J connectivity index is 0.000000242. The Labute approximate surface area is 204 Å². The molecule has 7 heteroatoms. The molecule has 0 aliphatic carbocycles. The summed E-state index contributed by atoms with van der Waals surface area (Å²) in [5, 5.41) is 5.70. The molecule has 6 bridgehead atoms. The van der Waals surface area contributed by atoms with E-state index in [0.717, 1.165) is 35.7 Å². The zero-order valence-corrected chi connectivity index (χ0v) is 19.4. The summed E-state index contributed by atoms with van der Waals surface area (Å²) in [6, 6.07) is 27.5. The maximum atomic E-state index is 6.69. The Morgan fingerprint density at radius 1 is 0.500 bits per heavy atom. The zero-order chi connectivity index (χ0) is 19.9. The monoisotopic (exact) mass is 535 g/mol. The number of aromatic nitrogens is 3. The molecule has 1 aliphatic rings. The van der Waals surface area contributed by atoms with Gasteiger partial charge in [0.05, 0.1) is 0 Å².